The van der Waals surface area contributed by atoms with Crippen molar-refractivity contribution in [3.8, 4) is 0 Å². The zero-order valence-corrected chi connectivity index (χ0v) is 5.75. The number of aliphatic hydroxyl groups excluding tert-OH is 1. The number of aliphatic hydroxyl groups is 1. The van der Waals surface area contributed by atoms with Gasteiger partial charge in [-0.2, -0.15) is 4.65 Å². The van der Waals surface area contributed by atoms with Crippen molar-refractivity contribution in [3.05, 3.63) is 0 Å². The Bertz CT molecular complexity index is 103. The Labute approximate surface area is 55.1 Å². The van der Waals surface area contributed by atoms with Crippen LogP contribution in [0.5, 0.6) is 0 Å². The van der Waals surface area contributed by atoms with Crippen molar-refractivity contribution in [3.63, 3.8) is 0 Å². The van der Waals surface area contributed by atoms with Crippen LogP contribution in [0.3, 0.4) is 0 Å². The van der Waals surface area contributed by atoms with Crippen molar-refractivity contribution in [2.45, 2.75) is 6.42 Å². The third-order valence-electron chi connectivity index (χ3n) is 1.93. The van der Waals surface area contributed by atoms with E-state index in [1.807, 2.05) is 0 Å². The minimum absolute atomic E-state index is 0.0885. The molecule has 0 amide bonds. The molecule has 0 aliphatic carbocycles. The summed E-state index contributed by atoms with van der Waals surface area (Å²) in [5.74, 6) is 0.319. The van der Waals surface area contributed by atoms with Gasteiger partial charge >= 0.3 is 0 Å². The van der Waals surface area contributed by atoms with Crippen LogP contribution >= 0.6 is 0 Å². The van der Waals surface area contributed by atoms with Crippen LogP contribution in [0.25, 0.3) is 0 Å². The van der Waals surface area contributed by atoms with Crippen LogP contribution < -0.4 is 0 Å². The van der Waals surface area contributed by atoms with E-state index in [4.69, 9.17) is 5.11 Å². The molecule has 0 saturated carbocycles. The van der Waals surface area contributed by atoms with Gasteiger partial charge in [-0.15, -0.1) is 0 Å². The number of hydroxylamine groups is 3. The van der Waals surface area contributed by atoms with Crippen LogP contribution in [0.15, 0.2) is 0 Å². The lowest BCUT2D eigenvalue weighted by Crippen LogP contribution is -2.37. The largest absolute Gasteiger partial charge is 0.396 e. The molecule has 9 heavy (non-hydrogen) atoms. The molecular formula is C6H14NO2+. The monoisotopic (exact) mass is 132 g/mol. The summed E-state index contributed by atoms with van der Waals surface area (Å²) in [6.45, 7) is 1.70. The van der Waals surface area contributed by atoms with Gasteiger partial charge in [0.25, 0.3) is 0 Å². The highest BCUT2D eigenvalue weighted by Crippen LogP contribution is 2.18. The number of likely N-dealkylation sites (tertiary alicyclic amines) is 1. The van der Waals surface area contributed by atoms with Crippen molar-refractivity contribution in [1.82, 2.24) is 0 Å². The third-order valence-corrected chi connectivity index (χ3v) is 1.93. The molecule has 2 atom stereocenters. The predicted octanol–water partition coefficient (Wildman–Crippen LogP) is -0.166. The van der Waals surface area contributed by atoms with Crippen molar-refractivity contribution in [2.24, 2.45) is 5.92 Å². The molecule has 2 N–H and O–H groups in total. The summed E-state index contributed by atoms with van der Waals surface area (Å²) in [6, 6.07) is 0. The Kier molecular flexibility index (Phi) is 1.75. The lowest BCUT2D eigenvalue weighted by molar-refractivity contribution is -1.08. The van der Waals surface area contributed by atoms with Crippen LogP contribution in [-0.4, -0.2) is 41.7 Å². The van der Waals surface area contributed by atoms with E-state index < -0.39 is 0 Å². The van der Waals surface area contributed by atoms with Gasteiger partial charge in [-0.1, -0.05) is 0 Å². The summed E-state index contributed by atoms with van der Waals surface area (Å²) >= 11 is 0. The van der Waals surface area contributed by atoms with E-state index in [2.05, 4.69) is 0 Å². The Morgan fingerprint density at radius 1 is 1.67 bits per heavy atom. The van der Waals surface area contributed by atoms with Gasteiger partial charge < -0.3 is 5.11 Å². The molecule has 3 heteroatoms. The van der Waals surface area contributed by atoms with Gasteiger partial charge in [-0.05, 0) is 0 Å². The Morgan fingerprint density at radius 2 is 2.33 bits per heavy atom. The number of hydrogen-bond donors (Lipinski definition) is 2. The molecule has 0 aromatic rings. The summed E-state index contributed by atoms with van der Waals surface area (Å²) in [5.41, 5.74) is 0. The fraction of sp³-hybridized carbons (Fsp3) is 1.00. The molecule has 54 valence electrons. The van der Waals surface area contributed by atoms with Crippen molar-refractivity contribution in [1.29, 1.82) is 0 Å². The van der Waals surface area contributed by atoms with Gasteiger partial charge in [-0.25, -0.2) is 5.21 Å². The average Bonchev–Trinajstić information content (AvgIpc) is 2.10. The van der Waals surface area contributed by atoms with E-state index in [1.165, 1.54) is 0 Å². The van der Waals surface area contributed by atoms with E-state index in [0.29, 0.717) is 12.5 Å². The van der Waals surface area contributed by atoms with Crippen LogP contribution in [0.4, 0.5) is 0 Å². The lowest BCUT2D eigenvalue weighted by Gasteiger charge is -2.17. The molecule has 1 aliphatic heterocycles. The summed E-state index contributed by atoms with van der Waals surface area (Å²) < 4.78 is 0.0885. The molecule has 1 rings (SSSR count). The van der Waals surface area contributed by atoms with E-state index in [-0.39, 0.29) is 11.3 Å². The summed E-state index contributed by atoms with van der Waals surface area (Å²) in [4.78, 5) is 0. The first kappa shape index (κ1) is 6.99. The Morgan fingerprint density at radius 3 is 2.56 bits per heavy atom. The molecule has 0 radical (unpaired) electrons. The standard InChI is InChI=1S/C6H14NO2/c1-7(9)3-2-6(4-7)5-8/h6,8-9H,2-5H2,1H3/q+1. The minimum Gasteiger partial charge on any atom is -0.396 e. The van der Waals surface area contributed by atoms with Crippen LogP contribution in [0, 0.1) is 5.92 Å². The topological polar surface area (TPSA) is 40.5 Å². The smallest absolute Gasteiger partial charge is 0.114 e. The zero-order chi connectivity index (χ0) is 6.91. The van der Waals surface area contributed by atoms with Crippen molar-refractivity contribution in [2.75, 3.05) is 26.7 Å². The normalized spacial score (nSPS) is 43.7. The highest BCUT2D eigenvalue weighted by Gasteiger charge is 2.32. The molecule has 3 nitrogen and oxygen atoms in total. The molecule has 1 aliphatic rings. The number of nitrogens with zero attached hydrogens (tertiary/aromatic N) is 1. The van der Waals surface area contributed by atoms with E-state index in [9.17, 15) is 5.21 Å². The Balaban J connectivity index is 2.38. The molecule has 0 spiro atoms. The first-order valence-corrected chi connectivity index (χ1v) is 3.32. The number of hydrogen-bond acceptors (Lipinski definition) is 2. The quantitative estimate of drug-likeness (QED) is 0.486. The van der Waals surface area contributed by atoms with Gasteiger partial charge in [0.1, 0.15) is 13.1 Å². The van der Waals surface area contributed by atoms with Crippen LogP contribution in [-0.2, 0) is 0 Å². The first-order chi connectivity index (χ1) is 4.14. The van der Waals surface area contributed by atoms with E-state index in [1.54, 1.807) is 7.05 Å². The minimum atomic E-state index is 0.0885. The second kappa shape index (κ2) is 2.25. The first-order valence-electron chi connectivity index (χ1n) is 3.32. The van der Waals surface area contributed by atoms with Gasteiger partial charge in [0.15, 0.2) is 0 Å². The van der Waals surface area contributed by atoms with Crippen molar-refractivity contribution >= 4 is 0 Å². The zero-order valence-electron chi connectivity index (χ0n) is 5.75. The molecule has 1 heterocycles. The van der Waals surface area contributed by atoms with E-state index >= 15 is 0 Å². The number of rotatable bonds is 1. The summed E-state index contributed by atoms with van der Waals surface area (Å²) in [7, 11) is 1.77. The maximum Gasteiger partial charge on any atom is 0.114 e. The summed E-state index contributed by atoms with van der Waals surface area (Å²) in [5, 5.41) is 18.0. The highest BCUT2D eigenvalue weighted by atomic mass is 16.5. The van der Waals surface area contributed by atoms with E-state index in [0.717, 1.165) is 13.0 Å². The molecular weight excluding hydrogens is 118 g/mol. The maximum absolute atomic E-state index is 9.32. The molecule has 2 unspecified atom stereocenters. The lowest BCUT2D eigenvalue weighted by atomic mass is 10.1. The van der Waals surface area contributed by atoms with Gasteiger partial charge in [0.05, 0.1) is 13.7 Å². The second-order valence-corrected chi connectivity index (χ2v) is 3.08. The van der Waals surface area contributed by atoms with Gasteiger partial charge in [-0.3, -0.25) is 0 Å². The second-order valence-electron chi connectivity index (χ2n) is 3.08. The van der Waals surface area contributed by atoms with Crippen molar-refractivity contribution < 1.29 is 15.0 Å². The average molecular weight is 132 g/mol. The van der Waals surface area contributed by atoms with Gasteiger partial charge in [0.2, 0.25) is 0 Å². The molecule has 1 saturated heterocycles. The maximum atomic E-state index is 9.32. The molecule has 0 aromatic carbocycles. The third kappa shape index (κ3) is 1.64. The fourth-order valence-corrected chi connectivity index (χ4v) is 1.35. The SMILES string of the molecule is C[N+]1(O)CCC(CO)C1. The summed E-state index contributed by atoms with van der Waals surface area (Å²) in [6.07, 6.45) is 0.948. The molecule has 0 bridgehead atoms. The fourth-order valence-electron chi connectivity index (χ4n) is 1.35. The molecule has 1 fully saturated rings. The highest BCUT2D eigenvalue weighted by molar-refractivity contribution is 4.60. The molecule has 0 aromatic heterocycles. The van der Waals surface area contributed by atoms with Gasteiger partial charge in [0, 0.05) is 12.3 Å². The number of quaternary nitrogens is 1. The Hall–Kier alpha value is -0.120. The van der Waals surface area contributed by atoms with Crippen LogP contribution in [0.1, 0.15) is 6.42 Å². The predicted molar refractivity (Wildman–Crippen MR) is 32.9 cm³/mol. The van der Waals surface area contributed by atoms with Crippen LogP contribution in [0.2, 0.25) is 0 Å².